The minimum atomic E-state index is 0.959. The smallest absolute Gasteiger partial charge is 0.117 e. The molecule has 0 bridgehead atoms. The molecule has 0 N–H and O–H groups in total. The van der Waals surface area contributed by atoms with Crippen LogP contribution in [0.3, 0.4) is 0 Å². The zero-order valence-corrected chi connectivity index (χ0v) is 8.07. The molecule has 1 aliphatic rings. The van der Waals surface area contributed by atoms with Crippen molar-refractivity contribution in [2.24, 2.45) is 0 Å². The van der Waals surface area contributed by atoms with Crippen LogP contribution in [-0.2, 0) is 6.54 Å². The fraction of sp³-hybridized carbons (Fsp3) is 0.600. The van der Waals surface area contributed by atoms with Crippen molar-refractivity contribution in [3.8, 4) is 0 Å². The maximum Gasteiger partial charge on any atom is 0.117 e. The summed E-state index contributed by atoms with van der Waals surface area (Å²) >= 11 is 0. The molecule has 3 heteroatoms. The fourth-order valence-corrected chi connectivity index (χ4v) is 1.63. The van der Waals surface area contributed by atoms with Crippen LogP contribution in [0.5, 0.6) is 0 Å². The molecule has 1 aliphatic heterocycles. The predicted octanol–water partition coefficient (Wildman–Crippen LogP) is 1.03. The van der Waals surface area contributed by atoms with E-state index >= 15 is 0 Å². The Morgan fingerprint density at radius 1 is 1.31 bits per heavy atom. The van der Waals surface area contributed by atoms with Gasteiger partial charge in [-0.2, -0.15) is 0 Å². The maximum absolute atomic E-state index is 5.31. The molecule has 0 spiro atoms. The van der Waals surface area contributed by atoms with Crippen LogP contribution in [0, 0.1) is 0 Å². The predicted molar refractivity (Wildman–Crippen MR) is 51.5 cm³/mol. The van der Waals surface area contributed by atoms with Gasteiger partial charge in [-0.3, -0.25) is 4.90 Å². The topological polar surface area (TPSA) is 19.6 Å². The van der Waals surface area contributed by atoms with Gasteiger partial charge >= 0.3 is 0 Å². The molecule has 1 fully saturated rings. The summed E-state index contributed by atoms with van der Waals surface area (Å²) < 4.78 is 5.31. The molecule has 2 heterocycles. The van der Waals surface area contributed by atoms with E-state index in [1.54, 1.807) is 6.26 Å². The third kappa shape index (κ3) is 2.32. The van der Waals surface area contributed by atoms with Gasteiger partial charge in [-0.25, -0.2) is 0 Å². The second kappa shape index (κ2) is 3.94. The van der Waals surface area contributed by atoms with Crippen LogP contribution in [0.4, 0.5) is 0 Å². The van der Waals surface area contributed by atoms with Crippen LogP contribution in [0.2, 0.25) is 0 Å². The lowest BCUT2D eigenvalue weighted by atomic mass is 10.3. The molecule has 0 atom stereocenters. The number of piperazine rings is 1. The molecular formula is C10H16N2O. The van der Waals surface area contributed by atoms with Gasteiger partial charge in [-0.05, 0) is 19.2 Å². The average Bonchev–Trinajstić information content (AvgIpc) is 2.62. The van der Waals surface area contributed by atoms with Crippen molar-refractivity contribution in [3.63, 3.8) is 0 Å². The lowest BCUT2D eigenvalue weighted by Gasteiger charge is -2.31. The largest absolute Gasteiger partial charge is 0.468 e. The van der Waals surface area contributed by atoms with Crippen molar-refractivity contribution in [1.29, 1.82) is 0 Å². The van der Waals surface area contributed by atoms with E-state index < -0.39 is 0 Å². The summed E-state index contributed by atoms with van der Waals surface area (Å²) in [6, 6.07) is 3.99. The van der Waals surface area contributed by atoms with Gasteiger partial charge < -0.3 is 9.32 Å². The number of hydrogen-bond donors (Lipinski definition) is 0. The highest BCUT2D eigenvalue weighted by Gasteiger charge is 2.14. The molecule has 13 heavy (non-hydrogen) atoms. The molecule has 0 radical (unpaired) electrons. The normalized spacial score (nSPS) is 20.7. The SMILES string of the molecule is CN1CCN(Cc2ccco2)CC1. The van der Waals surface area contributed by atoms with E-state index in [1.807, 2.05) is 12.1 Å². The van der Waals surface area contributed by atoms with Crippen molar-refractivity contribution < 1.29 is 4.42 Å². The highest BCUT2D eigenvalue weighted by Crippen LogP contribution is 2.07. The molecule has 1 aromatic rings. The summed E-state index contributed by atoms with van der Waals surface area (Å²) in [5, 5.41) is 0. The monoisotopic (exact) mass is 180 g/mol. The molecule has 0 unspecified atom stereocenters. The van der Waals surface area contributed by atoms with Gasteiger partial charge in [-0.15, -0.1) is 0 Å². The van der Waals surface area contributed by atoms with Crippen molar-refractivity contribution in [2.75, 3.05) is 33.2 Å². The Labute approximate surface area is 78.9 Å². The first-order valence-corrected chi connectivity index (χ1v) is 4.78. The van der Waals surface area contributed by atoms with Gasteiger partial charge in [0.25, 0.3) is 0 Å². The number of likely N-dealkylation sites (N-methyl/N-ethyl adjacent to an activating group) is 1. The standard InChI is InChI=1S/C10H16N2O/c1-11-4-6-12(7-5-11)9-10-3-2-8-13-10/h2-3,8H,4-7,9H2,1H3. The Balaban J connectivity index is 1.83. The van der Waals surface area contributed by atoms with Gasteiger partial charge in [0.15, 0.2) is 0 Å². The first-order chi connectivity index (χ1) is 6.34. The molecule has 72 valence electrons. The Hall–Kier alpha value is -0.800. The molecule has 0 aliphatic carbocycles. The maximum atomic E-state index is 5.31. The minimum absolute atomic E-state index is 0.959. The average molecular weight is 180 g/mol. The van der Waals surface area contributed by atoms with Crippen LogP contribution in [0.1, 0.15) is 5.76 Å². The molecule has 0 aromatic carbocycles. The summed E-state index contributed by atoms with van der Waals surface area (Å²) in [4.78, 5) is 4.79. The summed E-state index contributed by atoms with van der Waals surface area (Å²) in [6.07, 6.45) is 1.74. The first kappa shape index (κ1) is 8.78. The summed E-state index contributed by atoms with van der Waals surface area (Å²) in [6.45, 7) is 5.59. The van der Waals surface area contributed by atoms with Crippen LogP contribution >= 0.6 is 0 Å². The van der Waals surface area contributed by atoms with E-state index in [4.69, 9.17) is 4.42 Å². The molecule has 0 saturated carbocycles. The summed E-state index contributed by atoms with van der Waals surface area (Å²) in [5.74, 6) is 1.07. The third-order valence-electron chi connectivity index (χ3n) is 2.56. The highest BCUT2D eigenvalue weighted by atomic mass is 16.3. The van der Waals surface area contributed by atoms with Crippen molar-refractivity contribution in [1.82, 2.24) is 9.80 Å². The first-order valence-electron chi connectivity index (χ1n) is 4.78. The number of nitrogens with zero attached hydrogens (tertiary/aromatic N) is 2. The Morgan fingerprint density at radius 3 is 2.69 bits per heavy atom. The Bertz CT molecular complexity index is 237. The lowest BCUT2D eigenvalue weighted by molar-refractivity contribution is 0.140. The van der Waals surface area contributed by atoms with Crippen molar-refractivity contribution in [3.05, 3.63) is 24.2 Å². The van der Waals surface area contributed by atoms with E-state index in [-0.39, 0.29) is 0 Å². The Morgan fingerprint density at radius 2 is 2.08 bits per heavy atom. The highest BCUT2D eigenvalue weighted by molar-refractivity contribution is 4.98. The molecule has 2 rings (SSSR count). The number of hydrogen-bond acceptors (Lipinski definition) is 3. The van der Waals surface area contributed by atoms with Gasteiger partial charge in [0.2, 0.25) is 0 Å². The van der Waals surface area contributed by atoms with Crippen LogP contribution in [0.25, 0.3) is 0 Å². The van der Waals surface area contributed by atoms with E-state index in [2.05, 4.69) is 16.8 Å². The Kier molecular flexibility index (Phi) is 2.66. The molecule has 1 aromatic heterocycles. The van der Waals surface area contributed by atoms with Gasteiger partial charge in [0.1, 0.15) is 5.76 Å². The number of rotatable bonds is 2. The van der Waals surface area contributed by atoms with E-state index in [0.717, 1.165) is 25.4 Å². The number of furan rings is 1. The summed E-state index contributed by atoms with van der Waals surface area (Å²) in [7, 11) is 2.17. The minimum Gasteiger partial charge on any atom is -0.468 e. The van der Waals surface area contributed by atoms with Crippen molar-refractivity contribution >= 4 is 0 Å². The fourth-order valence-electron chi connectivity index (χ4n) is 1.63. The van der Waals surface area contributed by atoms with Gasteiger partial charge in [0.05, 0.1) is 12.8 Å². The summed E-state index contributed by atoms with van der Waals surface area (Å²) in [5.41, 5.74) is 0. The second-order valence-electron chi connectivity index (χ2n) is 3.66. The lowest BCUT2D eigenvalue weighted by Crippen LogP contribution is -2.43. The van der Waals surface area contributed by atoms with Gasteiger partial charge in [-0.1, -0.05) is 0 Å². The van der Waals surface area contributed by atoms with Crippen LogP contribution < -0.4 is 0 Å². The van der Waals surface area contributed by atoms with E-state index in [0.29, 0.717) is 0 Å². The molecule has 3 nitrogen and oxygen atoms in total. The van der Waals surface area contributed by atoms with E-state index in [1.165, 1.54) is 13.1 Å². The van der Waals surface area contributed by atoms with E-state index in [9.17, 15) is 0 Å². The molecule has 0 amide bonds. The third-order valence-corrected chi connectivity index (χ3v) is 2.56. The second-order valence-corrected chi connectivity index (χ2v) is 3.66. The molecule has 1 saturated heterocycles. The molecular weight excluding hydrogens is 164 g/mol. The van der Waals surface area contributed by atoms with Gasteiger partial charge in [0, 0.05) is 26.2 Å². The zero-order chi connectivity index (χ0) is 9.10. The van der Waals surface area contributed by atoms with Crippen LogP contribution in [-0.4, -0.2) is 43.0 Å². The van der Waals surface area contributed by atoms with Crippen LogP contribution in [0.15, 0.2) is 22.8 Å². The quantitative estimate of drug-likeness (QED) is 0.677. The van der Waals surface area contributed by atoms with Crippen molar-refractivity contribution in [2.45, 2.75) is 6.54 Å². The zero-order valence-electron chi connectivity index (χ0n) is 8.07.